The molecule has 0 unspecified atom stereocenters. The van der Waals surface area contributed by atoms with E-state index >= 15 is 0 Å². The van der Waals surface area contributed by atoms with Gasteiger partial charge in [0.1, 0.15) is 7.11 Å². The van der Waals surface area contributed by atoms with Gasteiger partial charge in [-0.2, -0.15) is 5.06 Å². The number of nitrogens with zero attached hydrogens (tertiary/aromatic N) is 2. The van der Waals surface area contributed by atoms with Crippen LogP contribution in [0.3, 0.4) is 0 Å². The van der Waals surface area contributed by atoms with Gasteiger partial charge in [0.2, 0.25) is 0 Å². The van der Waals surface area contributed by atoms with E-state index in [4.69, 9.17) is 0 Å². The van der Waals surface area contributed by atoms with E-state index in [1.54, 1.807) is 0 Å². The summed E-state index contributed by atoms with van der Waals surface area (Å²) < 4.78 is 0. The highest BCUT2D eigenvalue weighted by atomic mass is 16.6. The van der Waals surface area contributed by atoms with Crippen LogP contribution in [0.5, 0.6) is 0 Å². The minimum Gasteiger partial charge on any atom is -0.399 e. The van der Waals surface area contributed by atoms with E-state index in [2.05, 4.69) is 16.1 Å². The van der Waals surface area contributed by atoms with Gasteiger partial charge in [-0.15, -0.1) is 0 Å². The Morgan fingerprint density at radius 3 is 3.08 bits per heavy atom. The van der Waals surface area contributed by atoms with Crippen molar-refractivity contribution in [2.75, 3.05) is 20.2 Å². The maximum Gasteiger partial charge on any atom is 0.106 e. The molecule has 0 aromatic heterocycles. The van der Waals surface area contributed by atoms with Gasteiger partial charge in [0.25, 0.3) is 0 Å². The lowest BCUT2D eigenvalue weighted by atomic mass is 10.1. The second-order valence-corrected chi connectivity index (χ2v) is 2.77. The molecule has 0 spiro atoms. The molecule has 0 atom stereocenters. The van der Waals surface area contributed by atoms with E-state index in [0.29, 0.717) is 13.1 Å². The maximum atomic E-state index is 9.19. The second-order valence-electron chi connectivity index (χ2n) is 2.77. The number of rotatable bonds is 2. The summed E-state index contributed by atoms with van der Waals surface area (Å²) in [5, 5.41) is 14.3. The molecule has 0 aliphatic carbocycles. The average Bonchev–Trinajstić information content (AvgIpc) is 2.05. The molecule has 4 nitrogen and oxygen atoms in total. The molecule has 0 saturated heterocycles. The van der Waals surface area contributed by atoms with Crippen molar-refractivity contribution in [1.29, 1.82) is 0 Å². The highest BCUT2D eigenvalue weighted by Crippen LogP contribution is 2.09. The predicted molar refractivity (Wildman–Crippen MR) is 46.2 cm³/mol. The molecule has 1 aliphatic heterocycles. The molecule has 0 aromatic carbocycles. The Balaban J connectivity index is 2.62. The molecule has 1 N–H and O–H groups in total. The van der Waals surface area contributed by atoms with E-state index in [9.17, 15) is 5.21 Å². The van der Waals surface area contributed by atoms with Crippen LogP contribution in [0.2, 0.25) is 0 Å². The Morgan fingerprint density at radius 1 is 1.75 bits per heavy atom. The molecule has 0 aromatic rings. The van der Waals surface area contributed by atoms with Gasteiger partial charge in [-0.25, -0.2) is 0 Å². The summed E-state index contributed by atoms with van der Waals surface area (Å²) in [5.41, 5.74) is 1.86. The van der Waals surface area contributed by atoms with Crippen LogP contribution in [0.25, 0.3) is 0 Å². The Labute approximate surface area is 72.1 Å². The lowest BCUT2D eigenvalue weighted by Crippen LogP contribution is -2.28. The van der Waals surface area contributed by atoms with Crippen molar-refractivity contribution >= 4 is 5.71 Å². The molecule has 0 fully saturated rings. The van der Waals surface area contributed by atoms with E-state index in [1.165, 1.54) is 12.2 Å². The minimum atomic E-state index is 0.540. The van der Waals surface area contributed by atoms with Crippen molar-refractivity contribution in [3.8, 4) is 0 Å². The van der Waals surface area contributed by atoms with Crippen molar-refractivity contribution in [1.82, 2.24) is 5.06 Å². The van der Waals surface area contributed by atoms with E-state index in [0.717, 1.165) is 17.7 Å². The highest BCUT2D eigenvalue weighted by molar-refractivity contribution is 5.98. The van der Waals surface area contributed by atoms with Crippen molar-refractivity contribution in [2.24, 2.45) is 5.16 Å². The van der Waals surface area contributed by atoms with Crippen molar-refractivity contribution in [3.05, 3.63) is 11.6 Å². The van der Waals surface area contributed by atoms with Crippen molar-refractivity contribution in [3.63, 3.8) is 0 Å². The molecular weight excluding hydrogens is 156 g/mol. The predicted octanol–water partition coefficient (Wildman–Crippen LogP) is 1.03. The first kappa shape index (κ1) is 9.22. The zero-order chi connectivity index (χ0) is 8.97. The molecular formula is C8H14N2O2. The number of hydroxylamine groups is 2. The summed E-state index contributed by atoms with van der Waals surface area (Å²) in [4.78, 5) is 4.64. The molecule has 12 heavy (non-hydrogen) atoms. The van der Waals surface area contributed by atoms with Gasteiger partial charge in [-0.3, -0.25) is 0 Å². The van der Waals surface area contributed by atoms with E-state index < -0.39 is 0 Å². The normalized spacial score (nSPS) is 20.6. The van der Waals surface area contributed by atoms with E-state index in [1.807, 2.05) is 6.92 Å². The first-order valence-corrected chi connectivity index (χ1v) is 3.95. The number of hydrogen-bond acceptors (Lipinski definition) is 4. The average molecular weight is 170 g/mol. The third-order valence-electron chi connectivity index (χ3n) is 1.82. The highest BCUT2D eigenvalue weighted by Gasteiger charge is 2.11. The van der Waals surface area contributed by atoms with Crippen LogP contribution < -0.4 is 0 Å². The van der Waals surface area contributed by atoms with Crippen LogP contribution in [0.1, 0.15) is 13.3 Å². The number of oxime groups is 1. The Kier molecular flexibility index (Phi) is 3.25. The summed E-state index contributed by atoms with van der Waals surface area (Å²) in [7, 11) is 1.52. The third kappa shape index (κ3) is 2.32. The summed E-state index contributed by atoms with van der Waals surface area (Å²) in [6.45, 7) is 3.11. The summed E-state index contributed by atoms with van der Waals surface area (Å²) >= 11 is 0. The van der Waals surface area contributed by atoms with Crippen LogP contribution >= 0.6 is 0 Å². The van der Waals surface area contributed by atoms with E-state index in [-0.39, 0.29) is 0 Å². The second kappa shape index (κ2) is 4.23. The fraction of sp³-hybridized carbons (Fsp3) is 0.625. The smallest absolute Gasteiger partial charge is 0.106 e. The van der Waals surface area contributed by atoms with Gasteiger partial charge >= 0.3 is 0 Å². The van der Waals surface area contributed by atoms with Crippen LogP contribution in [0, 0.1) is 0 Å². The first-order valence-electron chi connectivity index (χ1n) is 3.95. The lowest BCUT2D eigenvalue weighted by molar-refractivity contribution is -0.0831. The summed E-state index contributed by atoms with van der Waals surface area (Å²) in [6.07, 6.45) is 2.94. The Bertz CT molecular complexity index is 211. The van der Waals surface area contributed by atoms with Gasteiger partial charge in [-0.05, 0) is 18.9 Å². The molecule has 0 saturated carbocycles. The molecule has 0 amide bonds. The van der Waals surface area contributed by atoms with Crippen LogP contribution in [0.4, 0.5) is 0 Å². The zero-order valence-corrected chi connectivity index (χ0v) is 7.45. The summed E-state index contributed by atoms with van der Waals surface area (Å²) in [5.74, 6) is 0. The third-order valence-corrected chi connectivity index (χ3v) is 1.82. The molecule has 1 rings (SSSR count). The SMILES string of the molecule is CO/N=C(\C)C1=CCCN(O)C1. The van der Waals surface area contributed by atoms with Gasteiger partial charge in [0.15, 0.2) is 0 Å². The van der Waals surface area contributed by atoms with Gasteiger partial charge in [0, 0.05) is 6.54 Å². The quantitative estimate of drug-likeness (QED) is 0.497. The topological polar surface area (TPSA) is 45.1 Å². The number of hydrogen-bond donors (Lipinski definition) is 1. The molecule has 0 radical (unpaired) electrons. The monoisotopic (exact) mass is 170 g/mol. The molecule has 0 bridgehead atoms. The Hall–Kier alpha value is -0.870. The summed E-state index contributed by atoms with van der Waals surface area (Å²) in [6, 6.07) is 0. The molecule has 1 heterocycles. The van der Waals surface area contributed by atoms with Crippen LogP contribution in [-0.2, 0) is 4.84 Å². The zero-order valence-electron chi connectivity index (χ0n) is 7.45. The maximum absolute atomic E-state index is 9.19. The van der Waals surface area contributed by atoms with Crippen LogP contribution in [-0.4, -0.2) is 36.2 Å². The van der Waals surface area contributed by atoms with Crippen molar-refractivity contribution < 1.29 is 10.0 Å². The first-order chi connectivity index (χ1) is 5.74. The largest absolute Gasteiger partial charge is 0.399 e. The molecule has 68 valence electrons. The lowest BCUT2D eigenvalue weighted by Gasteiger charge is -2.20. The standard InChI is InChI=1S/C8H14N2O2/c1-7(9-12-2)8-4-3-5-10(11)6-8/h4,11H,3,5-6H2,1-2H3/b9-7+. The molecule has 1 aliphatic rings. The van der Waals surface area contributed by atoms with Crippen molar-refractivity contribution in [2.45, 2.75) is 13.3 Å². The Morgan fingerprint density at radius 2 is 2.50 bits per heavy atom. The fourth-order valence-corrected chi connectivity index (χ4v) is 1.19. The van der Waals surface area contributed by atoms with Gasteiger partial charge < -0.3 is 10.0 Å². The van der Waals surface area contributed by atoms with Gasteiger partial charge in [0.05, 0.1) is 12.3 Å². The fourth-order valence-electron chi connectivity index (χ4n) is 1.19. The molecule has 4 heteroatoms. The minimum absolute atomic E-state index is 0.540. The van der Waals surface area contributed by atoms with Crippen LogP contribution in [0.15, 0.2) is 16.8 Å². The van der Waals surface area contributed by atoms with Gasteiger partial charge in [-0.1, -0.05) is 11.2 Å².